The molecular weight excluding hydrogens is 411 g/mol. The molecule has 0 spiro atoms. The summed E-state index contributed by atoms with van der Waals surface area (Å²) in [5.41, 5.74) is -2.00. The van der Waals surface area contributed by atoms with Crippen LogP contribution in [0.3, 0.4) is 0 Å². The molecule has 1 atom stereocenters. The third-order valence-electron chi connectivity index (χ3n) is 4.37. The van der Waals surface area contributed by atoms with Gasteiger partial charge in [-0.2, -0.15) is 18.4 Å². The highest BCUT2D eigenvalue weighted by atomic mass is 32.2. The van der Waals surface area contributed by atoms with E-state index in [4.69, 9.17) is 4.42 Å². The van der Waals surface area contributed by atoms with E-state index in [0.29, 0.717) is 24.6 Å². The number of pyridine rings is 1. The normalized spacial score (nSPS) is 16.6. The van der Waals surface area contributed by atoms with Crippen molar-refractivity contribution in [3.8, 4) is 17.5 Å². The van der Waals surface area contributed by atoms with Crippen LogP contribution in [0, 0.1) is 11.3 Å². The molecule has 0 saturated carbocycles. The van der Waals surface area contributed by atoms with Crippen LogP contribution in [0.5, 0.6) is 0 Å². The second kappa shape index (κ2) is 8.16. The molecule has 0 unspecified atom stereocenters. The predicted octanol–water partition coefficient (Wildman–Crippen LogP) is 3.40. The summed E-state index contributed by atoms with van der Waals surface area (Å²) >= 11 is 0.663. The first-order valence-electron chi connectivity index (χ1n) is 8.43. The lowest BCUT2D eigenvalue weighted by Gasteiger charge is -2.21. The number of furan rings is 1. The second-order valence-corrected chi connectivity index (χ2v) is 7.16. The first-order chi connectivity index (χ1) is 13.7. The summed E-state index contributed by atoms with van der Waals surface area (Å²) in [7, 11) is 0. The van der Waals surface area contributed by atoms with Crippen molar-refractivity contribution >= 4 is 23.6 Å². The Labute approximate surface area is 167 Å². The third-order valence-corrected chi connectivity index (χ3v) is 5.33. The number of carboxylic acids is 1. The number of carbonyl (C=O) groups excluding carboxylic acids is 1. The number of hydrogen-bond acceptors (Lipinski definition) is 6. The maximum Gasteiger partial charge on any atom is 0.417 e. The van der Waals surface area contributed by atoms with E-state index in [2.05, 4.69) is 4.98 Å². The largest absolute Gasteiger partial charge is 0.480 e. The van der Waals surface area contributed by atoms with Crippen molar-refractivity contribution in [2.45, 2.75) is 30.1 Å². The number of amides is 1. The van der Waals surface area contributed by atoms with Gasteiger partial charge >= 0.3 is 12.1 Å². The number of likely N-dealkylation sites (tertiary alicyclic amines) is 1. The Morgan fingerprint density at radius 1 is 1.45 bits per heavy atom. The van der Waals surface area contributed by atoms with Gasteiger partial charge in [-0.3, -0.25) is 4.79 Å². The summed E-state index contributed by atoms with van der Waals surface area (Å²) in [4.78, 5) is 28.9. The average Bonchev–Trinajstić information content (AvgIpc) is 3.36. The van der Waals surface area contributed by atoms with Crippen molar-refractivity contribution in [3.63, 3.8) is 0 Å². The third kappa shape index (κ3) is 4.37. The van der Waals surface area contributed by atoms with E-state index in [1.807, 2.05) is 0 Å². The predicted molar refractivity (Wildman–Crippen MR) is 94.8 cm³/mol. The van der Waals surface area contributed by atoms with Crippen LogP contribution < -0.4 is 0 Å². The van der Waals surface area contributed by atoms with Crippen LogP contribution in [0.2, 0.25) is 0 Å². The molecule has 2 aromatic rings. The lowest BCUT2D eigenvalue weighted by molar-refractivity contribution is -0.147. The maximum atomic E-state index is 13.5. The fourth-order valence-corrected chi connectivity index (χ4v) is 3.93. The van der Waals surface area contributed by atoms with Crippen LogP contribution in [-0.2, 0) is 15.8 Å². The summed E-state index contributed by atoms with van der Waals surface area (Å²) in [6.45, 7) is 0.259. The Balaban J connectivity index is 1.92. The van der Waals surface area contributed by atoms with Crippen molar-refractivity contribution < 1.29 is 32.3 Å². The summed E-state index contributed by atoms with van der Waals surface area (Å²) in [5, 5.41) is 18.2. The van der Waals surface area contributed by atoms with Gasteiger partial charge in [-0.1, -0.05) is 11.8 Å². The van der Waals surface area contributed by atoms with E-state index in [1.165, 1.54) is 29.4 Å². The second-order valence-electron chi connectivity index (χ2n) is 6.19. The van der Waals surface area contributed by atoms with Crippen LogP contribution in [0.4, 0.5) is 13.2 Å². The van der Waals surface area contributed by atoms with E-state index < -0.39 is 35.2 Å². The Hall–Kier alpha value is -3.00. The van der Waals surface area contributed by atoms with Crippen LogP contribution in [-0.4, -0.2) is 45.2 Å². The minimum Gasteiger partial charge on any atom is -0.480 e. The molecule has 0 bridgehead atoms. The summed E-state index contributed by atoms with van der Waals surface area (Å²) < 4.78 is 45.5. The van der Waals surface area contributed by atoms with Gasteiger partial charge in [0.1, 0.15) is 22.8 Å². The molecule has 1 N–H and O–H groups in total. The van der Waals surface area contributed by atoms with Gasteiger partial charge in [0.2, 0.25) is 5.91 Å². The van der Waals surface area contributed by atoms with Gasteiger partial charge in [0.25, 0.3) is 0 Å². The molecule has 3 rings (SSSR count). The van der Waals surface area contributed by atoms with Crippen molar-refractivity contribution in [1.82, 2.24) is 9.88 Å². The number of hydrogen-bond donors (Lipinski definition) is 1. The molecule has 7 nitrogen and oxygen atoms in total. The zero-order valence-electron chi connectivity index (χ0n) is 14.8. The van der Waals surface area contributed by atoms with Crippen LogP contribution in [0.1, 0.15) is 24.0 Å². The highest BCUT2D eigenvalue weighted by Crippen LogP contribution is 2.38. The Morgan fingerprint density at radius 3 is 2.79 bits per heavy atom. The first kappa shape index (κ1) is 20.7. The smallest absolute Gasteiger partial charge is 0.417 e. The Morgan fingerprint density at radius 2 is 2.21 bits per heavy atom. The number of alkyl halides is 3. The molecule has 3 heterocycles. The molecule has 1 amide bonds. The highest BCUT2D eigenvalue weighted by molar-refractivity contribution is 8.00. The molecule has 1 fully saturated rings. The Bertz CT molecular complexity index is 970. The minimum absolute atomic E-state index is 0.0821. The fourth-order valence-electron chi connectivity index (χ4n) is 3.04. The zero-order chi connectivity index (χ0) is 21.2. The number of rotatable bonds is 5. The van der Waals surface area contributed by atoms with Crippen molar-refractivity contribution in [1.29, 1.82) is 5.26 Å². The van der Waals surface area contributed by atoms with Crippen LogP contribution >= 0.6 is 11.8 Å². The Kier molecular flexibility index (Phi) is 5.83. The number of nitrogens with zero attached hydrogens (tertiary/aromatic N) is 3. The van der Waals surface area contributed by atoms with Crippen molar-refractivity contribution in [3.05, 3.63) is 35.6 Å². The minimum atomic E-state index is -4.81. The molecule has 1 aliphatic heterocycles. The number of halogens is 3. The summed E-state index contributed by atoms with van der Waals surface area (Å²) in [5.74, 6) is -1.93. The van der Waals surface area contributed by atoms with Crippen LogP contribution in [0.25, 0.3) is 11.5 Å². The number of aromatic nitrogens is 1. The summed E-state index contributed by atoms with van der Waals surface area (Å²) in [6, 6.07) is 4.20. The molecule has 0 aromatic carbocycles. The van der Waals surface area contributed by atoms with E-state index in [0.717, 1.165) is 6.07 Å². The monoisotopic (exact) mass is 425 g/mol. The zero-order valence-corrected chi connectivity index (χ0v) is 15.6. The fraction of sp³-hybridized carbons (Fsp3) is 0.333. The lowest BCUT2D eigenvalue weighted by Crippen LogP contribution is -2.41. The number of carboxylic acid groups (broad SMARTS) is 1. The molecular formula is C18H14F3N3O4S. The quantitative estimate of drug-likeness (QED) is 0.732. The first-order valence-corrected chi connectivity index (χ1v) is 9.42. The molecule has 1 aliphatic rings. The number of thioether (sulfide) groups is 1. The number of carbonyl (C=O) groups is 2. The van der Waals surface area contributed by atoms with Crippen molar-refractivity contribution in [2.24, 2.45) is 0 Å². The van der Waals surface area contributed by atoms with E-state index in [1.54, 1.807) is 0 Å². The molecule has 29 heavy (non-hydrogen) atoms. The standard InChI is InChI=1S/C18H14F3N3O4S/c19-18(20,21)11-7-12(14-4-2-6-28-14)23-16(10(11)8-22)29-9-15(25)24-5-1-3-13(24)17(26)27/h2,4,6-7,13H,1,3,5,9H2,(H,26,27)/t13-/m0/s1. The van der Waals surface area contributed by atoms with E-state index in [9.17, 15) is 33.1 Å². The lowest BCUT2D eigenvalue weighted by atomic mass is 10.1. The van der Waals surface area contributed by atoms with Gasteiger partial charge in [0, 0.05) is 6.54 Å². The maximum absolute atomic E-state index is 13.5. The highest BCUT2D eigenvalue weighted by Gasteiger charge is 2.37. The SMILES string of the molecule is N#Cc1c(C(F)(F)F)cc(-c2ccco2)nc1SCC(=O)N1CCC[C@H]1C(=O)O. The number of nitriles is 1. The van der Waals surface area contributed by atoms with Gasteiger partial charge in [-0.05, 0) is 31.0 Å². The van der Waals surface area contributed by atoms with E-state index in [-0.39, 0.29) is 28.8 Å². The van der Waals surface area contributed by atoms with Crippen molar-refractivity contribution in [2.75, 3.05) is 12.3 Å². The summed E-state index contributed by atoms with van der Waals surface area (Å²) in [6.07, 6.45) is -2.68. The van der Waals surface area contributed by atoms with Crippen LogP contribution in [0.15, 0.2) is 33.9 Å². The van der Waals surface area contributed by atoms with Gasteiger partial charge < -0.3 is 14.4 Å². The van der Waals surface area contributed by atoms with Gasteiger partial charge in [0.15, 0.2) is 5.76 Å². The van der Waals surface area contributed by atoms with Gasteiger partial charge in [-0.15, -0.1) is 0 Å². The molecule has 0 aliphatic carbocycles. The molecule has 11 heteroatoms. The van der Waals surface area contributed by atoms with Gasteiger partial charge in [0.05, 0.1) is 23.1 Å². The molecule has 1 saturated heterocycles. The number of aliphatic carboxylic acids is 1. The van der Waals surface area contributed by atoms with Gasteiger partial charge in [-0.25, -0.2) is 9.78 Å². The molecule has 152 valence electrons. The van der Waals surface area contributed by atoms with E-state index >= 15 is 0 Å². The molecule has 0 radical (unpaired) electrons. The topological polar surface area (TPSA) is 107 Å². The average molecular weight is 425 g/mol. The molecule has 2 aromatic heterocycles.